The van der Waals surface area contributed by atoms with Crippen LogP contribution < -0.4 is 0 Å². The van der Waals surface area contributed by atoms with Gasteiger partial charge in [0, 0.05) is 22.6 Å². The molecule has 0 bridgehead atoms. The van der Waals surface area contributed by atoms with Gasteiger partial charge in [-0.15, -0.1) is 0 Å². The number of aromatic nitrogens is 3. The maximum absolute atomic E-state index is 4.02. The molecule has 0 aromatic carbocycles. The van der Waals surface area contributed by atoms with Gasteiger partial charge >= 0.3 is 0 Å². The molecule has 14 heavy (non-hydrogen) atoms. The zero-order valence-electron chi connectivity index (χ0n) is 8.83. The topological polar surface area (TPSA) is 33.6 Å². The van der Waals surface area contributed by atoms with Crippen molar-refractivity contribution in [2.24, 2.45) is 0 Å². The van der Waals surface area contributed by atoms with Crippen LogP contribution in [-0.2, 0) is 6.54 Å². The van der Waals surface area contributed by atoms with Gasteiger partial charge in [-0.25, -0.2) is 0 Å². The van der Waals surface area contributed by atoms with Crippen molar-refractivity contribution in [2.45, 2.75) is 27.3 Å². The molecule has 1 N–H and O–H groups in total. The lowest BCUT2D eigenvalue weighted by Crippen LogP contribution is -2.03. The molecule has 0 fully saturated rings. The summed E-state index contributed by atoms with van der Waals surface area (Å²) >= 11 is 0. The van der Waals surface area contributed by atoms with Crippen LogP contribution in [0, 0.1) is 20.8 Å². The number of hydrogen-bond donors (Lipinski definition) is 1. The molecule has 0 saturated carbocycles. The van der Waals surface area contributed by atoms with Crippen LogP contribution in [0.15, 0.2) is 18.3 Å². The second kappa shape index (κ2) is 3.33. The van der Waals surface area contributed by atoms with Gasteiger partial charge in [-0.3, -0.25) is 5.10 Å². The minimum absolute atomic E-state index is 0.910. The van der Waals surface area contributed by atoms with Crippen molar-refractivity contribution in [2.75, 3.05) is 0 Å². The molecule has 3 heteroatoms. The van der Waals surface area contributed by atoms with E-state index in [0.717, 1.165) is 12.2 Å². The number of rotatable bonds is 2. The maximum Gasteiger partial charge on any atom is 0.0540 e. The molecule has 2 aromatic rings. The van der Waals surface area contributed by atoms with Crippen LogP contribution >= 0.6 is 0 Å². The maximum atomic E-state index is 4.02. The van der Waals surface area contributed by atoms with Crippen molar-refractivity contribution < 1.29 is 0 Å². The van der Waals surface area contributed by atoms with Crippen LogP contribution in [0.5, 0.6) is 0 Å². The van der Waals surface area contributed by atoms with E-state index in [2.05, 4.69) is 47.7 Å². The van der Waals surface area contributed by atoms with Gasteiger partial charge in [0.05, 0.1) is 12.7 Å². The first-order chi connectivity index (χ1) is 6.68. The number of H-pyrrole nitrogens is 1. The van der Waals surface area contributed by atoms with Crippen molar-refractivity contribution in [1.29, 1.82) is 0 Å². The zero-order chi connectivity index (χ0) is 10.1. The Balaban J connectivity index is 2.31. The molecule has 0 aliphatic rings. The number of aryl methyl sites for hydroxylation is 3. The highest BCUT2D eigenvalue weighted by Crippen LogP contribution is 2.12. The summed E-state index contributed by atoms with van der Waals surface area (Å²) < 4.78 is 2.29. The Kier molecular flexibility index (Phi) is 2.15. The van der Waals surface area contributed by atoms with Crippen LogP contribution in [0.2, 0.25) is 0 Å². The lowest BCUT2D eigenvalue weighted by atomic mass is 10.2. The normalized spacial score (nSPS) is 10.8. The van der Waals surface area contributed by atoms with Crippen LogP contribution in [0.4, 0.5) is 0 Å². The molecule has 3 nitrogen and oxygen atoms in total. The summed E-state index contributed by atoms with van der Waals surface area (Å²) in [4.78, 5) is 0. The zero-order valence-corrected chi connectivity index (χ0v) is 8.83. The van der Waals surface area contributed by atoms with Crippen molar-refractivity contribution in [3.05, 3.63) is 41.0 Å². The monoisotopic (exact) mass is 189 g/mol. The van der Waals surface area contributed by atoms with Gasteiger partial charge in [-0.1, -0.05) is 0 Å². The summed E-state index contributed by atoms with van der Waals surface area (Å²) in [6, 6.07) is 4.29. The highest BCUT2D eigenvalue weighted by Gasteiger charge is 2.05. The predicted molar refractivity (Wildman–Crippen MR) is 56.3 cm³/mol. The number of nitrogens with zero attached hydrogens (tertiary/aromatic N) is 2. The molecular formula is C11H15N3. The molecule has 2 rings (SSSR count). The smallest absolute Gasteiger partial charge is 0.0540 e. The largest absolute Gasteiger partial charge is 0.345 e. The molecule has 0 aliphatic carbocycles. The molecule has 74 valence electrons. The second-order valence-electron chi connectivity index (χ2n) is 3.72. The molecule has 0 amide bonds. The average molecular weight is 189 g/mol. The SMILES string of the molecule is Cc1[nH]ncc1Cn1c(C)ccc1C. The van der Waals surface area contributed by atoms with Crippen molar-refractivity contribution >= 4 is 0 Å². The van der Waals surface area contributed by atoms with E-state index in [4.69, 9.17) is 0 Å². The van der Waals surface area contributed by atoms with Gasteiger partial charge in [0.1, 0.15) is 0 Å². The standard InChI is InChI=1S/C11H15N3/c1-8-4-5-9(2)14(8)7-11-6-12-13-10(11)3/h4-6H,7H2,1-3H3,(H,12,13). The van der Waals surface area contributed by atoms with E-state index >= 15 is 0 Å². The Hall–Kier alpha value is -1.51. The lowest BCUT2D eigenvalue weighted by molar-refractivity contribution is 0.746. The summed E-state index contributed by atoms with van der Waals surface area (Å²) in [6.07, 6.45) is 1.90. The fourth-order valence-electron chi connectivity index (χ4n) is 1.65. The first-order valence-electron chi connectivity index (χ1n) is 4.80. The number of aromatic amines is 1. The quantitative estimate of drug-likeness (QED) is 0.771. The van der Waals surface area contributed by atoms with Gasteiger partial charge in [-0.2, -0.15) is 5.10 Å². The predicted octanol–water partition coefficient (Wildman–Crippen LogP) is 2.18. The first-order valence-corrected chi connectivity index (χ1v) is 4.80. The Bertz CT molecular complexity index is 418. The van der Waals surface area contributed by atoms with Crippen LogP contribution in [0.25, 0.3) is 0 Å². The van der Waals surface area contributed by atoms with Crippen LogP contribution in [0.3, 0.4) is 0 Å². The molecule has 0 aliphatic heterocycles. The van der Waals surface area contributed by atoms with Gasteiger partial charge in [0.25, 0.3) is 0 Å². The Morgan fingerprint density at radius 1 is 1.21 bits per heavy atom. The third-order valence-corrected chi connectivity index (χ3v) is 2.68. The van der Waals surface area contributed by atoms with Crippen molar-refractivity contribution in [1.82, 2.24) is 14.8 Å². The van der Waals surface area contributed by atoms with E-state index in [0.29, 0.717) is 0 Å². The van der Waals surface area contributed by atoms with E-state index in [-0.39, 0.29) is 0 Å². The third-order valence-electron chi connectivity index (χ3n) is 2.68. The summed E-state index contributed by atoms with van der Waals surface area (Å²) in [5.41, 5.74) is 5.00. The fourth-order valence-corrected chi connectivity index (χ4v) is 1.65. The molecule has 2 heterocycles. The Morgan fingerprint density at radius 2 is 1.86 bits per heavy atom. The molecule has 0 saturated heterocycles. The number of nitrogens with one attached hydrogen (secondary N) is 1. The number of hydrogen-bond acceptors (Lipinski definition) is 1. The van der Waals surface area contributed by atoms with Crippen molar-refractivity contribution in [3.8, 4) is 0 Å². The molecular weight excluding hydrogens is 174 g/mol. The Morgan fingerprint density at radius 3 is 2.36 bits per heavy atom. The average Bonchev–Trinajstić information content (AvgIpc) is 2.67. The van der Waals surface area contributed by atoms with Gasteiger partial charge in [0.15, 0.2) is 0 Å². The van der Waals surface area contributed by atoms with E-state index in [1.807, 2.05) is 6.20 Å². The van der Waals surface area contributed by atoms with Gasteiger partial charge < -0.3 is 4.57 Å². The van der Waals surface area contributed by atoms with Crippen LogP contribution in [-0.4, -0.2) is 14.8 Å². The van der Waals surface area contributed by atoms with Crippen LogP contribution in [0.1, 0.15) is 22.6 Å². The molecule has 0 radical (unpaired) electrons. The van der Waals surface area contributed by atoms with Gasteiger partial charge in [-0.05, 0) is 32.9 Å². The summed E-state index contributed by atoms with van der Waals surface area (Å²) in [6.45, 7) is 7.22. The van der Waals surface area contributed by atoms with E-state index in [9.17, 15) is 0 Å². The second-order valence-corrected chi connectivity index (χ2v) is 3.72. The molecule has 0 atom stereocenters. The highest BCUT2D eigenvalue weighted by atomic mass is 15.1. The molecule has 0 spiro atoms. The summed E-state index contributed by atoms with van der Waals surface area (Å²) in [7, 11) is 0. The minimum atomic E-state index is 0.910. The van der Waals surface area contributed by atoms with Gasteiger partial charge in [0.2, 0.25) is 0 Å². The molecule has 0 unspecified atom stereocenters. The summed E-state index contributed by atoms with van der Waals surface area (Å²) in [5.74, 6) is 0. The third kappa shape index (κ3) is 1.45. The highest BCUT2D eigenvalue weighted by molar-refractivity contribution is 5.20. The van der Waals surface area contributed by atoms with Crippen molar-refractivity contribution in [3.63, 3.8) is 0 Å². The Labute approximate surface area is 83.8 Å². The van der Waals surface area contributed by atoms with E-state index in [1.165, 1.54) is 17.0 Å². The minimum Gasteiger partial charge on any atom is -0.345 e. The summed E-state index contributed by atoms with van der Waals surface area (Å²) in [5, 5.41) is 6.98. The lowest BCUT2D eigenvalue weighted by Gasteiger charge is -2.07. The fraction of sp³-hybridized carbons (Fsp3) is 0.364. The van der Waals surface area contributed by atoms with E-state index in [1.54, 1.807) is 0 Å². The van der Waals surface area contributed by atoms with E-state index < -0.39 is 0 Å². The molecule has 2 aromatic heterocycles. The first kappa shape index (κ1) is 9.06.